The molecule has 0 aromatic rings. The fourth-order valence-electron chi connectivity index (χ4n) is 1.87. The largest absolute Gasteiger partial charge is 0.369 e. The van der Waals surface area contributed by atoms with Crippen LogP contribution < -0.4 is 11.5 Å². The molecule has 0 aliphatic carbocycles. The Bertz CT molecular complexity index is 261. The lowest BCUT2D eigenvalue weighted by Gasteiger charge is -2.39. The number of nitrogens with two attached hydrogens (primary N) is 2. The molecule has 1 atom stereocenters. The third-order valence-corrected chi connectivity index (χ3v) is 2.73. The lowest BCUT2D eigenvalue weighted by molar-refractivity contribution is 0.129. The SMILES string of the molecule is CCN1CCN(/C(N)=N/C(=N)N)CC1C. The normalized spacial score (nSPS) is 24.3. The molecule has 0 aromatic heterocycles. The van der Waals surface area contributed by atoms with Crippen LogP contribution in [0.5, 0.6) is 0 Å². The van der Waals surface area contributed by atoms with Crippen LogP contribution in [-0.2, 0) is 0 Å². The van der Waals surface area contributed by atoms with Gasteiger partial charge in [0.2, 0.25) is 5.96 Å². The van der Waals surface area contributed by atoms with E-state index in [0.29, 0.717) is 12.0 Å². The minimum atomic E-state index is -0.238. The first-order valence-corrected chi connectivity index (χ1v) is 5.21. The maximum absolute atomic E-state index is 7.04. The van der Waals surface area contributed by atoms with Gasteiger partial charge in [-0.3, -0.25) is 10.3 Å². The second-order valence-corrected chi connectivity index (χ2v) is 3.78. The van der Waals surface area contributed by atoms with Crippen LogP contribution in [0.25, 0.3) is 0 Å². The number of nitrogens with zero attached hydrogens (tertiary/aromatic N) is 3. The van der Waals surface area contributed by atoms with Gasteiger partial charge in [0.05, 0.1) is 0 Å². The summed E-state index contributed by atoms with van der Waals surface area (Å²) >= 11 is 0. The summed E-state index contributed by atoms with van der Waals surface area (Å²) < 4.78 is 0. The highest BCUT2D eigenvalue weighted by atomic mass is 15.3. The Hall–Kier alpha value is -1.30. The molecule has 1 heterocycles. The summed E-state index contributed by atoms with van der Waals surface area (Å²) in [5, 5.41) is 7.04. The van der Waals surface area contributed by atoms with Crippen molar-refractivity contribution in [2.24, 2.45) is 16.5 Å². The highest BCUT2D eigenvalue weighted by Gasteiger charge is 2.23. The van der Waals surface area contributed by atoms with E-state index in [1.54, 1.807) is 0 Å². The number of piperazine rings is 1. The van der Waals surface area contributed by atoms with E-state index in [0.717, 1.165) is 26.2 Å². The van der Waals surface area contributed by atoms with Gasteiger partial charge in [0.1, 0.15) is 0 Å². The third kappa shape index (κ3) is 3.09. The van der Waals surface area contributed by atoms with Crippen molar-refractivity contribution in [2.45, 2.75) is 19.9 Å². The molecule has 0 bridgehead atoms. The Kier molecular flexibility index (Phi) is 3.90. The van der Waals surface area contributed by atoms with Gasteiger partial charge < -0.3 is 16.4 Å². The van der Waals surface area contributed by atoms with Crippen LogP contribution in [-0.4, -0.2) is 53.9 Å². The maximum Gasteiger partial charge on any atom is 0.215 e. The highest BCUT2D eigenvalue weighted by molar-refractivity contribution is 5.91. The summed E-state index contributed by atoms with van der Waals surface area (Å²) in [6, 6.07) is 0.462. The van der Waals surface area contributed by atoms with Gasteiger partial charge >= 0.3 is 0 Å². The Morgan fingerprint density at radius 2 is 2.13 bits per heavy atom. The molecule has 15 heavy (non-hydrogen) atoms. The molecule has 1 aliphatic rings. The zero-order valence-corrected chi connectivity index (χ0v) is 9.40. The molecule has 0 saturated carbocycles. The van der Waals surface area contributed by atoms with Crippen molar-refractivity contribution in [3.8, 4) is 0 Å². The van der Waals surface area contributed by atoms with E-state index in [9.17, 15) is 0 Å². The molecular weight excluding hydrogens is 192 g/mol. The van der Waals surface area contributed by atoms with Crippen LogP contribution >= 0.6 is 0 Å². The lowest BCUT2D eigenvalue weighted by atomic mass is 10.2. The minimum Gasteiger partial charge on any atom is -0.369 e. The molecule has 5 N–H and O–H groups in total. The number of guanidine groups is 2. The second kappa shape index (κ2) is 4.97. The van der Waals surface area contributed by atoms with Crippen LogP contribution in [0.3, 0.4) is 0 Å². The number of rotatable bonds is 1. The van der Waals surface area contributed by atoms with Crippen LogP contribution in [0, 0.1) is 5.41 Å². The van der Waals surface area contributed by atoms with Crippen LogP contribution in [0.1, 0.15) is 13.8 Å². The number of hydrogen-bond acceptors (Lipinski definition) is 2. The first-order valence-electron chi connectivity index (χ1n) is 5.21. The third-order valence-electron chi connectivity index (χ3n) is 2.73. The van der Waals surface area contributed by atoms with Gasteiger partial charge in [-0.2, -0.15) is 4.99 Å². The average Bonchev–Trinajstić information content (AvgIpc) is 2.16. The first-order chi connectivity index (χ1) is 7.04. The molecule has 0 aromatic carbocycles. The van der Waals surface area contributed by atoms with Gasteiger partial charge in [0.15, 0.2) is 5.96 Å². The predicted molar refractivity (Wildman–Crippen MR) is 61.8 cm³/mol. The standard InChI is InChI=1S/C9H20N6/c1-3-14-4-5-15(6-7(14)2)9(12)13-8(10)11/h7H,3-6H2,1-2H3,(H5,10,11,12,13). The van der Waals surface area contributed by atoms with Crippen molar-refractivity contribution in [3.63, 3.8) is 0 Å². The van der Waals surface area contributed by atoms with Crippen molar-refractivity contribution in [1.29, 1.82) is 5.41 Å². The fourth-order valence-corrected chi connectivity index (χ4v) is 1.87. The van der Waals surface area contributed by atoms with Crippen LogP contribution in [0.2, 0.25) is 0 Å². The van der Waals surface area contributed by atoms with Crippen molar-refractivity contribution < 1.29 is 0 Å². The lowest BCUT2D eigenvalue weighted by Crippen LogP contribution is -2.55. The second-order valence-electron chi connectivity index (χ2n) is 3.78. The van der Waals surface area contributed by atoms with E-state index >= 15 is 0 Å². The summed E-state index contributed by atoms with van der Waals surface area (Å²) in [6.45, 7) is 8.04. The molecule has 0 spiro atoms. The van der Waals surface area contributed by atoms with Crippen LogP contribution in [0.15, 0.2) is 4.99 Å². The molecule has 86 valence electrons. The van der Waals surface area contributed by atoms with Crippen molar-refractivity contribution in [2.75, 3.05) is 26.2 Å². The molecule has 6 heteroatoms. The topological polar surface area (TPSA) is 94.7 Å². The van der Waals surface area contributed by atoms with Gasteiger partial charge in [0.25, 0.3) is 0 Å². The Morgan fingerprint density at radius 1 is 1.47 bits per heavy atom. The molecule has 0 radical (unpaired) electrons. The van der Waals surface area contributed by atoms with E-state index in [4.69, 9.17) is 16.9 Å². The van der Waals surface area contributed by atoms with Crippen molar-refractivity contribution >= 4 is 11.9 Å². The van der Waals surface area contributed by atoms with Crippen LogP contribution in [0.4, 0.5) is 0 Å². The minimum absolute atomic E-state index is 0.238. The molecular formula is C9H20N6. The van der Waals surface area contributed by atoms with Crippen molar-refractivity contribution in [3.05, 3.63) is 0 Å². The molecule has 1 rings (SSSR count). The maximum atomic E-state index is 7.04. The fraction of sp³-hybridized carbons (Fsp3) is 0.778. The summed E-state index contributed by atoms with van der Waals surface area (Å²) in [7, 11) is 0. The molecule has 1 aliphatic heterocycles. The zero-order chi connectivity index (χ0) is 11.4. The van der Waals surface area contributed by atoms with E-state index < -0.39 is 0 Å². The van der Waals surface area contributed by atoms with Gasteiger partial charge in [0, 0.05) is 25.7 Å². The summed E-state index contributed by atoms with van der Waals surface area (Å²) in [6.07, 6.45) is 0. The van der Waals surface area contributed by atoms with Crippen molar-refractivity contribution in [1.82, 2.24) is 9.80 Å². The van der Waals surface area contributed by atoms with E-state index in [2.05, 4.69) is 23.7 Å². The number of nitrogens with one attached hydrogen (secondary N) is 1. The summed E-state index contributed by atoms with van der Waals surface area (Å²) in [5.41, 5.74) is 10.9. The Balaban J connectivity index is 2.57. The Morgan fingerprint density at radius 3 is 2.60 bits per heavy atom. The number of hydrogen-bond donors (Lipinski definition) is 3. The smallest absolute Gasteiger partial charge is 0.215 e. The predicted octanol–water partition coefficient (Wildman–Crippen LogP) is -0.779. The quantitative estimate of drug-likeness (QED) is 0.392. The molecule has 1 unspecified atom stereocenters. The average molecular weight is 212 g/mol. The van der Waals surface area contributed by atoms with Gasteiger partial charge in [-0.25, -0.2) is 0 Å². The molecule has 0 amide bonds. The summed E-state index contributed by atoms with van der Waals surface area (Å²) in [5.74, 6) is 0.114. The molecule has 1 saturated heterocycles. The number of likely N-dealkylation sites (N-methyl/N-ethyl adjacent to an activating group) is 1. The van der Waals surface area contributed by atoms with Gasteiger partial charge in [-0.1, -0.05) is 6.92 Å². The Labute approximate surface area is 90.4 Å². The summed E-state index contributed by atoms with van der Waals surface area (Å²) in [4.78, 5) is 8.11. The van der Waals surface area contributed by atoms with E-state index in [1.165, 1.54) is 0 Å². The molecule has 1 fully saturated rings. The highest BCUT2D eigenvalue weighted by Crippen LogP contribution is 2.08. The van der Waals surface area contributed by atoms with Gasteiger partial charge in [-0.05, 0) is 13.5 Å². The van der Waals surface area contributed by atoms with E-state index in [-0.39, 0.29) is 5.96 Å². The zero-order valence-electron chi connectivity index (χ0n) is 9.40. The van der Waals surface area contributed by atoms with E-state index in [1.807, 2.05) is 4.90 Å². The monoisotopic (exact) mass is 212 g/mol. The number of aliphatic imine (C=N–C) groups is 1. The first kappa shape index (κ1) is 11.8. The van der Waals surface area contributed by atoms with Gasteiger partial charge in [-0.15, -0.1) is 0 Å². The molecule has 6 nitrogen and oxygen atoms in total.